The molecule has 12 aromatic rings. The molecule has 4 atom stereocenters. The fraction of sp³-hybridized carbons (Fsp3) is 0.275. The quantitative estimate of drug-likeness (QED) is 0.0460. The van der Waals surface area contributed by atoms with E-state index in [4.69, 9.17) is 48.1 Å². The number of amides is 2. The molecule has 0 bridgehead atoms. The van der Waals surface area contributed by atoms with Crippen molar-refractivity contribution in [1.82, 2.24) is 43.5 Å². The minimum atomic E-state index is -4.52. The number of nitrogens with zero attached hydrogens (tertiary/aromatic N) is 10. The van der Waals surface area contributed by atoms with E-state index in [-0.39, 0.29) is 94.7 Å². The number of hydrogen-bond acceptors (Lipinski definition) is 19. The predicted octanol–water partition coefficient (Wildman–Crippen LogP) is 18.9. The molecule has 4 aromatic heterocycles. The minimum Gasteiger partial charge on any atom is -0.508 e. The average molecular weight is 1710 g/mol. The number of thiophene rings is 1. The zero-order valence-electron chi connectivity index (χ0n) is 63.1. The Hall–Kier alpha value is -12.4. The first-order valence-electron chi connectivity index (χ1n) is 37.2. The molecule has 0 fully saturated rings. The molecule has 628 valence electrons. The molecule has 0 saturated heterocycles. The van der Waals surface area contributed by atoms with Crippen molar-refractivity contribution in [3.63, 3.8) is 0 Å². The zero-order valence-corrected chi connectivity index (χ0v) is 66.4. The number of hydrogen-bond donors (Lipinski definition) is 4. The fourth-order valence-electron chi connectivity index (χ4n) is 14.2. The number of carbonyl (C=O) groups is 2. The van der Waals surface area contributed by atoms with E-state index in [9.17, 15) is 52.8 Å². The van der Waals surface area contributed by atoms with Gasteiger partial charge in [-0.2, -0.15) is 28.6 Å². The number of aromatic nitrogens is 5. The summed E-state index contributed by atoms with van der Waals surface area (Å²) in [5, 5.41) is 57.9. The van der Waals surface area contributed by atoms with Gasteiger partial charge in [-0.3, -0.25) is 19.0 Å². The smallest absolute Gasteiger partial charge is 0.416 e. The lowest BCUT2D eigenvalue weighted by Gasteiger charge is -2.37. The summed E-state index contributed by atoms with van der Waals surface area (Å²) in [4.78, 5) is 37.9. The number of benzene rings is 8. The number of aryl methyl sites for hydroxylation is 2. The second-order valence-electron chi connectivity index (χ2n) is 27.4. The van der Waals surface area contributed by atoms with Crippen molar-refractivity contribution in [2.45, 2.75) is 92.7 Å². The fourth-order valence-corrected chi connectivity index (χ4v) is 16.6. The van der Waals surface area contributed by atoms with Crippen LogP contribution in [0.25, 0.3) is 0 Å². The van der Waals surface area contributed by atoms with Gasteiger partial charge in [0.25, 0.3) is 11.8 Å². The molecule has 8 aromatic carbocycles. The Labute approximate surface area is 715 Å². The number of alkyl halides is 3. The number of thiocarbonyl (C=S) groups is 2. The van der Waals surface area contributed by atoms with Crippen molar-refractivity contribution in [3.8, 4) is 57.8 Å². The van der Waals surface area contributed by atoms with Gasteiger partial charge in [0, 0.05) is 126 Å². The van der Waals surface area contributed by atoms with Crippen molar-refractivity contribution in [2.24, 2.45) is 14.1 Å². The van der Waals surface area contributed by atoms with Crippen LogP contribution in [0.2, 0.25) is 0 Å². The Balaban J connectivity index is 0.000000180. The summed E-state index contributed by atoms with van der Waals surface area (Å²) in [6, 6.07) is 55.0. The highest BCUT2D eigenvalue weighted by atomic mass is 32.1. The summed E-state index contributed by atoms with van der Waals surface area (Å²) < 4.78 is 90.2. The molecule has 29 heteroatoms. The van der Waals surface area contributed by atoms with E-state index in [2.05, 4.69) is 41.9 Å². The maximum atomic E-state index is 13.7. The van der Waals surface area contributed by atoms with Gasteiger partial charge in [-0.25, -0.2) is 8.76 Å². The number of ether oxygens (including phenoxy) is 5. The lowest BCUT2D eigenvalue weighted by Crippen LogP contribution is -2.42. The number of nitriles is 1. The first-order chi connectivity index (χ1) is 56.1. The van der Waals surface area contributed by atoms with E-state index in [1.165, 1.54) is 69.0 Å². The number of fused-ring (bicyclic) bond motifs is 4. The predicted molar refractivity (Wildman–Crippen MR) is 465 cm³/mol. The summed E-state index contributed by atoms with van der Waals surface area (Å²) in [5.74, 6) is 3.03. The molecule has 0 aliphatic carbocycles. The first kappa shape index (κ1) is 91.5. The van der Waals surface area contributed by atoms with Gasteiger partial charge < -0.3 is 63.7 Å². The molecule has 4 unspecified atom stereocenters. The van der Waals surface area contributed by atoms with Crippen LogP contribution in [0.3, 0.4) is 0 Å². The Morgan fingerprint density at radius 3 is 1.37 bits per heavy atom. The van der Waals surface area contributed by atoms with Gasteiger partial charge in [0.05, 0.1) is 60.4 Å². The third-order valence-corrected chi connectivity index (χ3v) is 22.9. The molecule has 0 spiro atoms. The molecule has 4 aliphatic rings. The molecule has 16 rings (SSSR count). The summed E-state index contributed by atoms with van der Waals surface area (Å²) in [7, 11) is 3.86. The molecule has 4 N–H and O–H groups in total. The molecular weight excluding hydrogens is 1610 g/mol. The lowest BCUT2D eigenvalue weighted by molar-refractivity contribution is -0.137. The number of aromatic hydroxyl groups is 4. The second kappa shape index (κ2) is 41.8. The van der Waals surface area contributed by atoms with Gasteiger partial charge in [0.2, 0.25) is 0 Å². The molecule has 120 heavy (non-hydrogen) atoms. The van der Waals surface area contributed by atoms with Crippen LogP contribution in [0.4, 0.5) is 17.6 Å². The third kappa shape index (κ3) is 22.1. The van der Waals surface area contributed by atoms with Gasteiger partial charge in [-0.15, -0.1) is 11.3 Å². The van der Waals surface area contributed by atoms with E-state index in [0.717, 1.165) is 77.3 Å². The van der Waals surface area contributed by atoms with Crippen LogP contribution < -0.4 is 23.7 Å². The maximum Gasteiger partial charge on any atom is 0.416 e. The first-order valence-corrected chi connectivity index (χ1v) is 39.6. The monoisotopic (exact) mass is 1710 g/mol. The van der Waals surface area contributed by atoms with E-state index < -0.39 is 23.7 Å². The summed E-state index contributed by atoms with van der Waals surface area (Å²) in [5.41, 5.74) is 8.27. The minimum absolute atomic E-state index is 0. The lowest BCUT2D eigenvalue weighted by atomic mass is 9.98. The zero-order chi connectivity index (χ0) is 81.6. The van der Waals surface area contributed by atoms with Crippen molar-refractivity contribution >= 4 is 69.1 Å². The SMILES string of the molecule is C.C.C.C.CCOc1cccc(C(=O)N2CCc3c(cnn3C)C2COc2ccc(O)cc2)c1.Cn1ncc2c1CCN(C(=S)c1cccc(C#N)c1)C2COc1ccc(O)cc1.O=C(c1cccc(C(F)(F)F)c1)N1CCc2sncc2C1COc1ccc(O)cc1.Oc1ccc(OCC2c3ccsc3CCN2C(=S)c2cccc(F)c2)cc1. The topological polar surface area (TPSA) is 246 Å². The van der Waals surface area contributed by atoms with Crippen molar-refractivity contribution < 1.29 is 71.3 Å². The van der Waals surface area contributed by atoms with Gasteiger partial charge in [0.1, 0.15) is 94.0 Å². The van der Waals surface area contributed by atoms with Crippen LogP contribution in [-0.4, -0.2) is 145 Å². The number of rotatable bonds is 18. The van der Waals surface area contributed by atoms with E-state index in [1.54, 1.807) is 121 Å². The number of phenolic OH excluding ortho intramolecular Hbond substituents is 4. The van der Waals surface area contributed by atoms with E-state index >= 15 is 0 Å². The van der Waals surface area contributed by atoms with Crippen LogP contribution in [-0.2, 0) is 46.0 Å². The molecule has 8 heterocycles. The third-order valence-electron chi connectivity index (χ3n) is 20.1. The van der Waals surface area contributed by atoms with Gasteiger partial charge in [-0.1, -0.05) is 90.5 Å². The van der Waals surface area contributed by atoms with Gasteiger partial charge >= 0.3 is 6.18 Å². The highest BCUT2D eigenvalue weighted by molar-refractivity contribution is 7.81. The highest BCUT2D eigenvalue weighted by Gasteiger charge is 2.39. The summed E-state index contributed by atoms with van der Waals surface area (Å²) >= 11 is 14.6. The highest BCUT2D eigenvalue weighted by Crippen LogP contribution is 2.40. The number of phenols is 4. The molecule has 0 saturated carbocycles. The van der Waals surface area contributed by atoms with Crippen LogP contribution in [0.1, 0.15) is 147 Å². The second-order valence-corrected chi connectivity index (χ2v) is 30.0. The van der Waals surface area contributed by atoms with Crippen LogP contribution in [0.5, 0.6) is 51.7 Å². The molecule has 2 amide bonds. The summed E-state index contributed by atoms with van der Waals surface area (Å²) in [6.45, 7) is 6.12. The standard InChI is InChI=1S/C23H25N3O4.C22H20N4O2S.C21H17F3N2O3S.C21H18FNO2S2.4CH4/c1-3-29-19-6-4-5-16(13-19)23(28)26-12-11-21-20(14-24-25(21)2)22(26)15-30-18-9-7-17(27)8-10-18;1-25-20-9-10-26(22(29)16-4-2-3-15(11-16)12-23)21(19(20)13-24-25)14-28-18-7-5-17(27)6-8-18;22-21(23,24)14-3-1-2-13(10-14)20(28)26-9-8-19-17(11-25-30-19)18(26)12-29-16-6-4-15(27)5-7-16;22-15-3-1-2-14(12-15)21(26)23-10-8-20-18(9-11-27-20)19(23)13-25-17-6-4-16(24)5-7-17;;;;/h4-10,13-14,22,27H,3,11-12,15H2,1-2H3;2-8,11,13,21,27H,9-10,14H2,1H3;1-7,10-11,18,27H,8-9,12H2;1-7,9,11-12,19,24H,8,10,13H2;4*1H4. The Bertz CT molecular complexity index is 5470. The Morgan fingerprint density at radius 1 is 0.475 bits per heavy atom. The Kier molecular flexibility index (Phi) is 31.9. The largest absolute Gasteiger partial charge is 0.508 e. The molecule has 21 nitrogen and oxygen atoms in total. The van der Waals surface area contributed by atoms with Gasteiger partial charge in [-0.05, 0) is 200 Å². The van der Waals surface area contributed by atoms with Crippen molar-refractivity contribution in [3.05, 3.63) is 307 Å². The van der Waals surface area contributed by atoms with E-state index in [1.807, 2.05) is 90.1 Å². The molecule has 0 radical (unpaired) electrons. The molecular formula is C91H96F4N10O11S4. The maximum absolute atomic E-state index is 13.7. The van der Waals surface area contributed by atoms with Crippen LogP contribution in [0, 0.1) is 17.1 Å². The van der Waals surface area contributed by atoms with Gasteiger partial charge in [0.15, 0.2) is 0 Å². The van der Waals surface area contributed by atoms with E-state index in [0.29, 0.717) is 101 Å². The van der Waals surface area contributed by atoms with Crippen LogP contribution >= 0.6 is 47.3 Å². The van der Waals surface area contributed by atoms with Crippen LogP contribution in [0.15, 0.2) is 224 Å². The normalized spacial score (nSPS) is 15.3. The van der Waals surface area contributed by atoms with Crippen molar-refractivity contribution in [2.75, 3.05) is 59.2 Å². The average Bonchev–Trinajstić information content (AvgIpc) is 1.61. The number of carbonyl (C=O) groups excluding carboxylic acids is 2. The Morgan fingerprint density at radius 2 is 0.883 bits per heavy atom. The number of halogens is 4. The van der Waals surface area contributed by atoms with Crippen molar-refractivity contribution in [1.29, 1.82) is 5.26 Å². The molecule has 4 aliphatic heterocycles. The summed E-state index contributed by atoms with van der Waals surface area (Å²) in [6.07, 6.45) is 3.91.